The highest BCUT2D eigenvalue weighted by molar-refractivity contribution is 6.30. The Hall–Kier alpha value is -0.640. The van der Waals surface area contributed by atoms with Crippen LogP contribution in [0.1, 0.15) is 45.1 Å². The van der Waals surface area contributed by atoms with Gasteiger partial charge in [-0.1, -0.05) is 30.5 Å². The molecule has 0 amide bonds. The lowest BCUT2D eigenvalue weighted by molar-refractivity contribution is 0.0979. The van der Waals surface area contributed by atoms with Gasteiger partial charge in [-0.25, -0.2) is 4.39 Å². The van der Waals surface area contributed by atoms with Gasteiger partial charge in [-0.2, -0.15) is 0 Å². The molecule has 2 N–H and O–H groups in total. The summed E-state index contributed by atoms with van der Waals surface area (Å²) in [7, 11) is 0. The molecule has 1 aliphatic heterocycles. The lowest BCUT2D eigenvalue weighted by Crippen LogP contribution is -2.57. The Morgan fingerprint density at radius 2 is 1.86 bits per heavy atom. The Bertz CT molecular complexity index is 468. The van der Waals surface area contributed by atoms with Gasteiger partial charge < -0.3 is 5.73 Å². The molecular weight excluding hydrogens is 287 g/mol. The molecule has 1 atom stereocenters. The molecule has 0 bridgehead atoms. The molecule has 4 heteroatoms. The minimum absolute atomic E-state index is 0.0313. The fraction of sp³-hybridized carbons (Fsp3) is 0.647. The minimum Gasteiger partial charge on any atom is -0.326 e. The lowest BCUT2D eigenvalue weighted by Gasteiger charge is -2.42. The van der Waals surface area contributed by atoms with E-state index in [9.17, 15) is 4.39 Å². The molecular formula is C17H26ClFN2. The van der Waals surface area contributed by atoms with E-state index in [2.05, 4.69) is 18.7 Å². The van der Waals surface area contributed by atoms with Crippen LogP contribution >= 0.6 is 11.6 Å². The van der Waals surface area contributed by atoms with Gasteiger partial charge in [-0.05, 0) is 63.9 Å². The standard InChI is InChI=1S/C17H26ClFN2/c1-17(2,21-9-5-3-4-6-10-21)16(20)12-13-7-8-14(18)15(19)11-13/h7-8,11,16H,3-6,9-10,12,20H2,1-2H3. The van der Waals surface area contributed by atoms with Crippen molar-refractivity contribution in [3.63, 3.8) is 0 Å². The number of likely N-dealkylation sites (tertiary alicyclic amines) is 1. The predicted molar refractivity (Wildman–Crippen MR) is 87.2 cm³/mol. The molecule has 1 aliphatic rings. The second-order valence-corrected chi connectivity index (χ2v) is 7.02. The first-order valence-electron chi connectivity index (χ1n) is 7.86. The fourth-order valence-electron chi connectivity index (χ4n) is 3.05. The SMILES string of the molecule is CC(C)(C(N)Cc1ccc(Cl)c(F)c1)N1CCCCCC1. The van der Waals surface area contributed by atoms with E-state index in [1.165, 1.54) is 31.7 Å². The first-order chi connectivity index (χ1) is 9.91. The molecule has 2 nitrogen and oxygen atoms in total. The van der Waals surface area contributed by atoms with Crippen molar-refractivity contribution in [3.8, 4) is 0 Å². The summed E-state index contributed by atoms with van der Waals surface area (Å²) >= 11 is 5.73. The minimum atomic E-state index is -0.367. The predicted octanol–water partition coefficient (Wildman–Crippen LogP) is 4.00. The maximum atomic E-state index is 13.6. The second-order valence-electron chi connectivity index (χ2n) is 6.61. The van der Waals surface area contributed by atoms with E-state index in [1.54, 1.807) is 6.07 Å². The van der Waals surface area contributed by atoms with Gasteiger partial charge in [0, 0.05) is 11.6 Å². The maximum Gasteiger partial charge on any atom is 0.142 e. The molecule has 21 heavy (non-hydrogen) atoms. The lowest BCUT2D eigenvalue weighted by atomic mass is 9.88. The van der Waals surface area contributed by atoms with Crippen LogP contribution in [-0.2, 0) is 6.42 Å². The topological polar surface area (TPSA) is 29.3 Å². The zero-order chi connectivity index (χ0) is 15.5. The van der Waals surface area contributed by atoms with Crippen LogP contribution in [0.4, 0.5) is 4.39 Å². The third-order valence-electron chi connectivity index (χ3n) is 4.77. The van der Waals surface area contributed by atoms with Crippen molar-refractivity contribution in [3.05, 3.63) is 34.6 Å². The number of hydrogen-bond donors (Lipinski definition) is 1. The average Bonchev–Trinajstić information content (AvgIpc) is 2.72. The van der Waals surface area contributed by atoms with Gasteiger partial charge in [0.15, 0.2) is 0 Å². The molecule has 1 saturated heterocycles. The second kappa shape index (κ2) is 7.08. The Morgan fingerprint density at radius 3 is 2.43 bits per heavy atom. The number of nitrogens with two attached hydrogens (primary N) is 1. The molecule has 2 rings (SSSR count). The average molecular weight is 313 g/mol. The number of benzene rings is 1. The van der Waals surface area contributed by atoms with Crippen LogP contribution in [-0.4, -0.2) is 29.6 Å². The highest BCUT2D eigenvalue weighted by Gasteiger charge is 2.33. The molecule has 0 aliphatic carbocycles. The van der Waals surface area contributed by atoms with Gasteiger partial charge in [-0.3, -0.25) is 4.90 Å². The molecule has 0 saturated carbocycles. The molecule has 118 valence electrons. The first-order valence-corrected chi connectivity index (χ1v) is 8.23. The van der Waals surface area contributed by atoms with E-state index in [-0.39, 0.29) is 22.4 Å². The van der Waals surface area contributed by atoms with Gasteiger partial charge >= 0.3 is 0 Å². The van der Waals surface area contributed by atoms with E-state index in [4.69, 9.17) is 17.3 Å². The van der Waals surface area contributed by atoms with Crippen molar-refractivity contribution in [2.45, 2.75) is 57.5 Å². The molecule has 1 heterocycles. The van der Waals surface area contributed by atoms with Crippen LogP contribution in [0.3, 0.4) is 0 Å². The maximum absolute atomic E-state index is 13.6. The Labute approximate surface area is 132 Å². The summed E-state index contributed by atoms with van der Waals surface area (Å²) in [6.07, 6.45) is 5.77. The molecule has 0 aromatic heterocycles. The Balaban J connectivity index is 2.05. The zero-order valence-corrected chi connectivity index (χ0v) is 13.8. The first kappa shape index (κ1) is 16.7. The third kappa shape index (κ3) is 4.18. The fourth-order valence-corrected chi connectivity index (χ4v) is 3.17. The Morgan fingerprint density at radius 1 is 1.24 bits per heavy atom. The molecule has 1 aromatic carbocycles. The normalized spacial score (nSPS) is 19.3. The zero-order valence-electron chi connectivity index (χ0n) is 13.0. The molecule has 0 spiro atoms. The number of nitrogens with zero attached hydrogens (tertiary/aromatic N) is 1. The molecule has 1 unspecified atom stereocenters. The third-order valence-corrected chi connectivity index (χ3v) is 5.07. The summed E-state index contributed by atoms with van der Waals surface area (Å²) in [5.74, 6) is -0.367. The van der Waals surface area contributed by atoms with E-state index in [1.807, 2.05) is 6.07 Å². The van der Waals surface area contributed by atoms with Gasteiger partial charge in [0.05, 0.1) is 5.02 Å². The van der Waals surface area contributed by atoms with Crippen molar-refractivity contribution in [2.24, 2.45) is 5.73 Å². The number of rotatable bonds is 4. The number of halogens is 2. The summed E-state index contributed by atoms with van der Waals surface area (Å²) in [6.45, 7) is 6.62. The van der Waals surface area contributed by atoms with Crippen LogP contribution in [0.15, 0.2) is 18.2 Å². The van der Waals surface area contributed by atoms with Crippen LogP contribution in [0, 0.1) is 5.82 Å². The van der Waals surface area contributed by atoms with E-state index >= 15 is 0 Å². The summed E-state index contributed by atoms with van der Waals surface area (Å²) in [5.41, 5.74) is 7.28. The van der Waals surface area contributed by atoms with Gasteiger partial charge in [0.1, 0.15) is 5.82 Å². The van der Waals surface area contributed by atoms with Crippen molar-refractivity contribution >= 4 is 11.6 Å². The summed E-state index contributed by atoms with van der Waals surface area (Å²) in [5, 5.41) is 0.166. The van der Waals surface area contributed by atoms with Gasteiger partial charge in [0.25, 0.3) is 0 Å². The summed E-state index contributed by atoms with van der Waals surface area (Å²) < 4.78 is 13.6. The quantitative estimate of drug-likeness (QED) is 0.910. The smallest absolute Gasteiger partial charge is 0.142 e. The van der Waals surface area contributed by atoms with Crippen LogP contribution in [0.25, 0.3) is 0 Å². The summed E-state index contributed by atoms with van der Waals surface area (Å²) in [6, 6.07) is 4.94. The van der Waals surface area contributed by atoms with Crippen LogP contribution < -0.4 is 5.73 Å². The highest BCUT2D eigenvalue weighted by Crippen LogP contribution is 2.25. The van der Waals surface area contributed by atoms with E-state index in [0.717, 1.165) is 18.7 Å². The highest BCUT2D eigenvalue weighted by atomic mass is 35.5. The van der Waals surface area contributed by atoms with Crippen molar-refractivity contribution in [1.82, 2.24) is 4.90 Å². The molecule has 0 radical (unpaired) electrons. The van der Waals surface area contributed by atoms with E-state index < -0.39 is 0 Å². The molecule has 1 fully saturated rings. The Kier molecular flexibility index (Phi) is 5.64. The van der Waals surface area contributed by atoms with Gasteiger partial charge in [-0.15, -0.1) is 0 Å². The van der Waals surface area contributed by atoms with Crippen LogP contribution in [0.5, 0.6) is 0 Å². The van der Waals surface area contributed by atoms with E-state index in [0.29, 0.717) is 6.42 Å². The van der Waals surface area contributed by atoms with Crippen molar-refractivity contribution < 1.29 is 4.39 Å². The van der Waals surface area contributed by atoms with Crippen LogP contribution in [0.2, 0.25) is 5.02 Å². The number of hydrogen-bond acceptors (Lipinski definition) is 2. The van der Waals surface area contributed by atoms with Crippen molar-refractivity contribution in [2.75, 3.05) is 13.1 Å². The monoisotopic (exact) mass is 312 g/mol. The van der Waals surface area contributed by atoms with Gasteiger partial charge in [0.2, 0.25) is 0 Å². The van der Waals surface area contributed by atoms with Crippen molar-refractivity contribution in [1.29, 1.82) is 0 Å². The summed E-state index contributed by atoms with van der Waals surface area (Å²) in [4.78, 5) is 2.50. The molecule has 1 aromatic rings. The largest absolute Gasteiger partial charge is 0.326 e.